The van der Waals surface area contributed by atoms with Gasteiger partial charge in [-0.25, -0.2) is 0 Å². The first kappa shape index (κ1) is 13.6. The first-order valence-electron chi connectivity index (χ1n) is 5.33. The van der Waals surface area contributed by atoms with Crippen molar-refractivity contribution in [1.29, 1.82) is 0 Å². The van der Waals surface area contributed by atoms with Crippen molar-refractivity contribution in [2.75, 3.05) is 0 Å². The molecular formula is C14H11Br2Zr-. The summed E-state index contributed by atoms with van der Waals surface area (Å²) in [6, 6.07) is 13.1. The molecule has 1 aliphatic carbocycles. The van der Waals surface area contributed by atoms with E-state index < -0.39 is 0 Å². The third-order valence-electron chi connectivity index (χ3n) is 2.76. The standard InChI is InChI=1S/C14H11.2BrH.Zr/c1-2-6-11(5-1)14-9-12-7-3-4-8-13(12)10-14;;;/h1-5,7-10H,6H2;2*1H;/q-1;;;+2/p-2. The van der Waals surface area contributed by atoms with E-state index in [0.717, 1.165) is 6.42 Å². The van der Waals surface area contributed by atoms with Crippen LogP contribution in [0.5, 0.6) is 0 Å². The fraction of sp³-hybridized carbons (Fsp3) is 0.0714. The Morgan fingerprint density at radius 2 is 1.94 bits per heavy atom. The molecule has 0 aromatic heterocycles. The fourth-order valence-electron chi connectivity index (χ4n) is 2.00. The summed E-state index contributed by atoms with van der Waals surface area (Å²) in [6.07, 6.45) is 7.62. The van der Waals surface area contributed by atoms with Gasteiger partial charge < -0.3 is 0 Å². The topological polar surface area (TPSA) is 0 Å². The number of halogens is 2. The maximum atomic E-state index is 3.23. The quantitative estimate of drug-likeness (QED) is 0.518. The van der Waals surface area contributed by atoms with Gasteiger partial charge in [0.05, 0.1) is 0 Å². The Labute approximate surface area is 125 Å². The van der Waals surface area contributed by atoms with E-state index in [1.165, 1.54) is 21.9 Å². The summed E-state index contributed by atoms with van der Waals surface area (Å²) in [5.41, 5.74) is 2.80. The van der Waals surface area contributed by atoms with E-state index in [1.54, 1.807) is 0 Å². The van der Waals surface area contributed by atoms with Gasteiger partial charge in [0.2, 0.25) is 0 Å². The average Bonchev–Trinajstić information content (AvgIpc) is 2.99. The van der Waals surface area contributed by atoms with Crippen LogP contribution < -0.4 is 0 Å². The van der Waals surface area contributed by atoms with Crippen molar-refractivity contribution < 1.29 is 18.5 Å². The van der Waals surface area contributed by atoms with Gasteiger partial charge in [0.15, 0.2) is 0 Å². The predicted molar refractivity (Wildman–Crippen MR) is 79.1 cm³/mol. The van der Waals surface area contributed by atoms with Gasteiger partial charge in [-0.3, -0.25) is 0 Å². The zero-order valence-corrected chi connectivity index (χ0v) is 14.8. The number of rotatable bonds is 1. The molecule has 2 aromatic rings. The van der Waals surface area contributed by atoms with Crippen molar-refractivity contribution in [2.24, 2.45) is 0 Å². The van der Waals surface area contributed by atoms with Crippen LogP contribution in [0, 0.1) is 0 Å². The second kappa shape index (κ2) is 6.92. The van der Waals surface area contributed by atoms with Crippen molar-refractivity contribution in [3.63, 3.8) is 0 Å². The van der Waals surface area contributed by atoms with E-state index >= 15 is 0 Å². The van der Waals surface area contributed by atoms with Crippen molar-refractivity contribution in [1.82, 2.24) is 0 Å². The molecule has 0 saturated heterocycles. The summed E-state index contributed by atoms with van der Waals surface area (Å²) < 4.78 is 0. The second-order valence-electron chi connectivity index (χ2n) is 3.77. The molecule has 0 aliphatic heterocycles. The molecule has 0 saturated carbocycles. The van der Waals surface area contributed by atoms with E-state index in [9.17, 15) is 0 Å². The van der Waals surface area contributed by atoms with Crippen LogP contribution in [0.1, 0.15) is 12.0 Å². The number of fused-ring (bicyclic) bond motifs is 1. The SMILES string of the molecule is C1=CCC(c2cc3ccccc3[cH-]2)=C1.[Br][Zr][Br]. The summed E-state index contributed by atoms with van der Waals surface area (Å²) in [5, 5.41) is 2.69. The van der Waals surface area contributed by atoms with Gasteiger partial charge in [-0.1, -0.05) is 36.4 Å². The number of benzene rings is 1. The molecule has 1 aliphatic rings. The monoisotopic (exact) mass is 427 g/mol. The van der Waals surface area contributed by atoms with Crippen molar-refractivity contribution in [2.45, 2.75) is 6.42 Å². The Balaban J connectivity index is 0.000000329. The van der Waals surface area contributed by atoms with Gasteiger partial charge >= 0.3 is 43.0 Å². The molecule has 0 bridgehead atoms. The zero-order valence-electron chi connectivity index (χ0n) is 9.16. The zero-order chi connectivity index (χ0) is 12.1. The van der Waals surface area contributed by atoms with E-state index in [-0.39, 0.29) is 18.5 Å². The van der Waals surface area contributed by atoms with Gasteiger partial charge in [0.25, 0.3) is 0 Å². The predicted octanol–water partition coefficient (Wildman–Crippen LogP) is 5.59. The average molecular weight is 430 g/mol. The molecule has 0 nitrogen and oxygen atoms in total. The number of hydrogen-bond donors (Lipinski definition) is 0. The summed E-state index contributed by atoms with van der Waals surface area (Å²) >= 11 is 6.32. The molecule has 17 heavy (non-hydrogen) atoms. The molecule has 0 spiro atoms. The van der Waals surface area contributed by atoms with Gasteiger partial charge in [-0.15, -0.1) is 40.1 Å². The van der Waals surface area contributed by atoms with Crippen LogP contribution in [0.15, 0.2) is 54.6 Å². The van der Waals surface area contributed by atoms with Gasteiger partial charge in [0, 0.05) is 0 Å². The minimum atomic E-state index is -0.145. The van der Waals surface area contributed by atoms with Crippen LogP contribution in [0.25, 0.3) is 16.3 Å². The minimum absolute atomic E-state index is 0.145. The molecule has 86 valence electrons. The molecule has 0 radical (unpaired) electrons. The van der Waals surface area contributed by atoms with Crippen molar-refractivity contribution in [3.05, 3.63) is 60.2 Å². The first-order valence-corrected chi connectivity index (χ1v) is 16.6. The molecule has 3 rings (SSSR count). The van der Waals surface area contributed by atoms with Crippen LogP contribution in [0.4, 0.5) is 0 Å². The Morgan fingerprint density at radius 1 is 1.18 bits per heavy atom. The third kappa shape index (κ3) is 3.56. The fourth-order valence-corrected chi connectivity index (χ4v) is 2.00. The van der Waals surface area contributed by atoms with Crippen molar-refractivity contribution >= 4 is 40.8 Å². The van der Waals surface area contributed by atoms with Gasteiger partial charge in [0.1, 0.15) is 0 Å². The Bertz CT molecular complexity index is 519. The molecule has 0 fully saturated rings. The Kier molecular flexibility index (Phi) is 5.53. The number of allylic oxidation sites excluding steroid dienone is 4. The molecule has 2 aromatic carbocycles. The van der Waals surface area contributed by atoms with E-state index in [4.69, 9.17) is 0 Å². The summed E-state index contributed by atoms with van der Waals surface area (Å²) in [7, 11) is 0. The van der Waals surface area contributed by atoms with E-state index in [0.29, 0.717) is 0 Å². The summed E-state index contributed by atoms with van der Waals surface area (Å²) in [6.45, 7) is 0. The van der Waals surface area contributed by atoms with Crippen LogP contribution >= 0.6 is 24.4 Å². The normalized spacial score (nSPS) is 13.2. The first-order chi connectivity index (χ1) is 8.35. The van der Waals surface area contributed by atoms with Crippen LogP contribution in [0.2, 0.25) is 0 Å². The van der Waals surface area contributed by atoms with Crippen LogP contribution in [0.3, 0.4) is 0 Å². The molecule has 0 N–H and O–H groups in total. The third-order valence-corrected chi connectivity index (χ3v) is 2.76. The number of hydrogen-bond acceptors (Lipinski definition) is 0. The second-order valence-corrected chi connectivity index (χ2v) is 15.1. The Morgan fingerprint density at radius 3 is 2.59 bits per heavy atom. The van der Waals surface area contributed by atoms with E-state index in [1.807, 2.05) is 0 Å². The van der Waals surface area contributed by atoms with E-state index in [2.05, 4.69) is 79.1 Å². The summed E-state index contributed by atoms with van der Waals surface area (Å²) in [4.78, 5) is 0. The molecule has 0 unspecified atom stereocenters. The van der Waals surface area contributed by atoms with Crippen molar-refractivity contribution in [3.8, 4) is 0 Å². The van der Waals surface area contributed by atoms with Crippen LogP contribution in [-0.2, 0) is 18.5 Å². The molecular weight excluding hydrogens is 419 g/mol. The summed E-state index contributed by atoms with van der Waals surface area (Å²) in [5.74, 6) is 0. The van der Waals surface area contributed by atoms with Gasteiger partial charge in [-0.05, 0) is 6.42 Å². The molecule has 3 heteroatoms. The molecule has 0 atom stereocenters. The molecule has 0 heterocycles. The van der Waals surface area contributed by atoms with Crippen LogP contribution in [-0.4, -0.2) is 0 Å². The molecule has 0 amide bonds. The maximum absolute atomic E-state index is 3.23. The Hall–Kier alpha value is 0.153. The van der Waals surface area contributed by atoms with Gasteiger partial charge in [-0.2, -0.15) is 0 Å².